The Labute approximate surface area is 177 Å². The Hall–Kier alpha value is -0.238. The Morgan fingerprint density at radius 1 is 1.10 bits per heavy atom. The molecule has 0 aliphatic heterocycles. The van der Waals surface area contributed by atoms with Gasteiger partial charge in [-0.05, 0) is 29.8 Å². The molecule has 2 aromatic rings. The third kappa shape index (κ3) is 4.95. The van der Waals surface area contributed by atoms with Crippen LogP contribution in [0.25, 0.3) is 0 Å². The van der Waals surface area contributed by atoms with Crippen molar-refractivity contribution in [2.24, 2.45) is 0 Å². The molecule has 1 unspecified atom stereocenters. The van der Waals surface area contributed by atoms with Crippen molar-refractivity contribution < 1.29 is 83.5 Å². The molecule has 0 aliphatic rings. The molecule has 98 valence electrons. The summed E-state index contributed by atoms with van der Waals surface area (Å²) < 4.78 is 5.85. The Morgan fingerprint density at radius 3 is 2.20 bits per heavy atom. The van der Waals surface area contributed by atoms with E-state index in [1.807, 2.05) is 43.7 Å². The molecule has 2 rings (SSSR count). The summed E-state index contributed by atoms with van der Waals surface area (Å²) in [6, 6.07) is 16.3. The monoisotopic (exact) mass is 388 g/mol. The van der Waals surface area contributed by atoms with Gasteiger partial charge in [-0.2, -0.15) is 6.92 Å². The molecule has 0 radical (unpaired) electrons. The van der Waals surface area contributed by atoms with Crippen LogP contribution in [0.4, 0.5) is 0 Å². The molecular formula is C16H15CsO3. The van der Waals surface area contributed by atoms with E-state index in [1.54, 1.807) is 24.3 Å². The molecule has 2 aromatic carbocycles. The van der Waals surface area contributed by atoms with E-state index >= 15 is 0 Å². The van der Waals surface area contributed by atoms with Gasteiger partial charge in [0.15, 0.2) is 0 Å². The normalized spacial score (nSPS) is 11.2. The molecule has 0 amide bonds. The summed E-state index contributed by atoms with van der Waals surface area (Å²) in [4.78, 5) is 10.8. The number of hydrogen-bond acceptors (Lipinski definition) is 2. The third-order valence-corrected chi connectivity index (χ3v) is 2.80. The Kier molecular flexibility index (Phi) is 7.94. The van der Waals surface area contributed by atoms with Crippen molar-refractivity contribution in [2.75, 3.05) is 0 Å². The fourth-order valence-corrected chi connectivity index (χ4v) is 1.79. The van der Waals surface area contributed by atoms with Crippen LogP contribution in [-0.4, -0.2) is 11.1 Å². The van der Waals surface area contributed by atoms with Gasteiger partial charge >= 0.3 is 74.9 Å². The molecule has 0 spiro atoms. The van der Waals surface area contributed by atoms with Crippen molar-refractivity contribution >= 4 is 5.97 Å². The largest absolute Gasteiger partial charge is 1.00 e. The molecular weight excluding hydrogens is 373 g/mol. The zero-order valence-electron chi connectivity index (χ0n) is 11.6. The van der Waals surface area contributed by atoms with Crippen molar-refractivity contribution in [1.29, 1.82) is 0 Å². The predicted molar refractivity (Wildman–Crippen MR) is 73.2 cm³/mol. The fraction of sp³-hybridized carbons (Fsp3) is 0.125. The number of hydrogen-bond donors (Lipinski definition) is 1. The van der Waals surface area contributed by atoms with Gasteiger partial charge in [0.05, 0.1) is 5.56 Å². The minimum Gasteiger partial charge on any atom is -0.517 e. The second-order valence-electron chi connectivity index (χ2n) is 4.11. The van der Waals surface area contributed by atoms with Crippen LogP contribution >= 0.6 is 0 Å². The van der Waals surface area contributed by atoms with Crippen LogP contribution in [0.3, 0.4) is 0 Å². The molecule has 4 heteroatoms. The number of carbonyl (C=O) groups is 1. The molecule has 0 heterocycles. The zero-order chi connectivity index (χ0) is 13.7. The number of benzene rings is 2. The molecule has 0 bridgehead atoms. The Balaban J connectivity index is 0.00000200. The van der Waals surface area contributed by atoms with Gasteiger partial charge in [-0.25, -0.2) is 4.79 Å². The first kappa shape index (κ1) is 17.8. The average molecular weight is 388 g/mol. The standard InChI is InChI=1S/C16H15O3.Cs/c1-2-15(19-14-6-4-3-5-7-14)12-8-10-13(11-9-12)16(17)18;/h2-11,15H,1H3,(H,17,18);/q-1;+1. The van der Waals surface area contributed by atoms with E-state index in [-0.39, 0.29) is 80.6 Å². The van der Waals surface area contributed by atoms with E-state index in [9.17, 15) is 4.79 Å². The maximum atomic E-state index is 10.8. The maximum Gasteiger partial charge on any atom is 1.00 e. The topological polar surface area (TPSA) is 46.5 Å². The van der Waals surface area contributed by atoms with Gasteiger partial charge in [-0.3, -0.25) is 6.42 Å². The van der Waals surface area contributed by atoms with Crippen molar-refractivity contribution in [1.82, 2.24) is 0 Å². The smallest absolute Gasteiger partial charge is 0.517 e. The van der Waals surface area contributed by atoms with Gasteiger partial charge < -0.3 is 9.84 Å². The van der Waals surface area contributed by atoms with Crippen LogP contribution in [-0.2, 0) is 0 Å². The quantitative estimate of drug-likeness (QED) is 0.769. The minimum absolute atomic E-state index is 0. The van der Waals surface area contributed by atoms with Crippen LogP contribution < -0.4 is 73.6 Å². The van der Waals surface area contributed by atoms with Gasteiger partial charge in [-0.1, -0.05) is 30.3 Å². The van der Waals surface area contributed by atoms with Crippen molar-refractivity contribution in [3.05, 3.63) is 72.1 Å². The molecule has 0 fully saturated rings. The first-order valence-electron chi connectivity index (χ1n) is 6.05. The van der Waals surface area contributed by atoms with Crippen molar-refractivity contribution in [3.63, 3.8) is 0 Å². The number of para-hydroxylation sites is 1. The van der Waals surface area contributed by atoms with Crippen LogP contribution in [0, 0.1) is 6.42 Å². The van der Waals surface area contributed by atoms with E-state index in [0.29, 0.717) is 0 Å². The first-order valence-corrected chi connectivity index (χ1v) is 6.05. The van der Waals surface area contributed by atoms with Crippen LogP contribution in [0.2, 0.25) is 0 Å². The van der Waals surface area contributed by atoms with E-state index < -0.39 is 5.97 Å². The summed E-state index contributed by atoms with van der Waals surface area (Å²) in [6.07, 6.45) is 1.74. The Morgan fingerprint density at radius 2 is 1.70 bits per heavy atom. The summed E-state index contributed by atoms with van der Waals surface area (Å²) >= 11 is 0. The van der Waals surface area contributed by atoms with Gasteiger partial charge in [0.25, 0.3) is 0 Å². The number of carboxylic acid groups (broad SMARTS) is 1. The Bertz CT molecular complexity index is 537. The zero-order valence-corrected chi connectivity index (χ0v) is 17.9. The number of carboxylic acids is 1. The number of aromatic carboxylic acids is 1. The molecule has 0 saturated carbocycles. The van der Waals surface area contributed by atoms with Gasteiger partial charge in [0.1, 0.15) is 5.75 Å². The molecule has 20 heavy (non-hydrogen) atoms. The minimum atomic E-state index is -0.924. The maximum absolute atomic E-state index is 10.8. The van der Waals surface area contributed by atoms with Gasteiger partial charge in [0.2, 0.25) is 0 Å². The van der Waals surface area contributed by atoms with Crippen LogP contribution in [0.5, 0.6) is 5.75 Å². The first-order chi connectivity index (χ1) is 9.20. The van der Waals surface area contributed by atoms with E-state index in [4.69, 9.17) is 9.84 Å². The van der Waals surface area contributed by atoms with Gasteiger partial charge in [0, 0.05) is 6.10 Å². The molecule has 1 atom stereocenters. The summed E-state index contributed by atoms with van der Waals surface area (Å²) in [7, 11) is 0. The molecule has 0 aliphatic carbocycles. The second kappa shape index (κ2) is 8.92. The van der Waals surface area contributed by atoms with Crippen molar-refractivity contribution in [2.45, 2.75) is 13.0 Å². The van der Waals surface area contributed by atoms with E-state index in [1.165, 1.54) is 0 Å². The second-order valence-corrected chi connectivity index (χ2v) is 4.11. The van der Waals surface area contributed by atoms with E-state index in [2.05, 4.69) is 0 Å². The summed E-state index contributed by atoms with van der Waals surface area (Å²) in [5.41, 5.74) is 1.20. The molecule has 3 nitrogen and oxygen atoms in total. The third-order valence-electron chi connectivity index (χ3n) is 2.80. The SMILES string of the molecule is C[CH-]C(Oc1ccccc1)c1ccc(C(=O)O)cc1.[Cs+]. The van der Waals surface area contributed by atoms with Gasteiger partial charge in [-0.15, -0.1) is 0 Å². The fourth-order valence-electron chi connectivity index (χ4n) is 1.79. The number of rotatable bonds is 5. The molecule has 1 N–H and O–H groups in total. The van der Waals surface area contributed by atoms with Crippen LogP contribution in [0.1, 0.15) is 28.9 Å². The summed E-state index contributed by atoms with van der Waals surface area (Å²) in [6.45, 7) is 1.92. The summed E-state index contributed by atoms with van der Waals surface area (Å²) in [5, 5.41) is 8.87. The van der Waals surface area contributed by atoms with Crippen molar-refractivity contribution in [3.8, 4) is 5.75 Å². The molecule has 0 aromatic heterocycles. The average Bonchev–Trinajstić information content (AvgIpc) is 2.46. The summed E-state index contributed by atoms with van der Waals surface area (Å²) in [5.74, 6) is -0.138. The van der Waals surface area contributed by atoms with Crippen LogP contribution in [0.15, 0.2) is 54.6 Å². The predicted octanol–water partition coefficient (Wildman–Crippen LogP) is 0.733. The van der Waals surface area contributed by atoms with E-state index in [0.717, 1.165) is 11.3 Å². The molecule has 0 saturated heterocycles. The number of ether oxygens (including phenoxy) is 1.